The van der Waals surface area contributed by atoms with Crippen molar-refractivity contribution in [3.8, 4) is 22.6 Å². The van der Waals surface area contributed by atoms with Gasteiger partial charge in [-0.1, -0.05) is 29.8 Å². The van der Waals surface area contributed by atoms with E-state index in [1.165, 1.54) is 0 Å². The van der Waals surface area contributed by atoms with E-state index in [4.69, 9.17) is 16.6 Å². The summed E-state index contributed by atoms with van der Waals surface area (Å²) in [6.45, 7) is 2.15. The minimum absolute atomic E-state index is 0.0789. The van der Waals surface area contributed by atoms with Crippen LogP contribution in [0, 0.1) is 0 Å². The molecule has 1 aliphatic rings. The molecular weight excluding hydrogens is 410 g/mol. The lowest BCUT2D eigenvalue weighted by molar-refractivity contribution is 0.241. The molecule has 6 nitrogen and oxygen atoms in total. The van der Waals surface area contributed by atoms with Crippen LogP contribution in [0.3, 0.4) is 0 Å². The number of pyridine rings is 2. The van der Waals surface area contributed by atoms with Crippen LogP contribution in [0.25, 0.3) is 22.6 Å². The molecule has 1 aliphatic heterocycles. The van der Waals surface area contributed by atoms with Gasteiger partial charge in [0.2, 0.25) is 0 Å². The highest BCUT2D eigenvalue weighted by Crippen LogP contribution is 2.22. The van der Waals surface area contributed by atoms with E-state index < -0.39 is 0 Å². The van der Waals surface area contributed by atoms with E-state index in [1.54, 1.807) is 12.4 Å². The minimum Gasteiger partial charge on any atom is -0.306 e. The summed E-state index contributed by atoms with van der Waals surface area (Å²) in [5.41, 5.74) is 5.40. The van der Waals surface area contributed by atoms with E-state index in [1.807, 2.05) is 48.7 Å². The summed E-state index contributed by atoms with van der Waals surface area (Å²) in [5.74, 6) is 0.576. The van der Waals surface area contributed by atoms with Crippen molar-refractivity contribution in [3.05, 3.63) is 99.3 Å². The highest BCUT2D eigenvalue weighted by molar-refractivity contribution is 6.30. The number of hydrogen-bond acceptors (Lipinski definition) is 5. The van der Waals surface area contributed by atoms with Crippen LogP contribution in [0.5, 0.6) is 0 Å². The zero-order valence-electron chi connectivity index (χ0n) is 16.8. The van der Waals surface area contributed by atoms with Crippen LogP contribution in [0.4, 0.5) is 0 Å². The van der Waals surface area contributed by atoms with Crippen LogP contribution in [0.1, 0.15) is 16.8 Å². The lowest BCUT2D eigenvalue weighted by Crippen LogP contribution is -2.35. The Morgan fingerprint density at radius 2 is 1.90 bits per heavy atom. The van der Waals surface area contributed by atoms with Crippen LogP contribution >= 0.6 is 11.6 Å². The molecule has 0 saturated heterocycles. The monoisotopic (exact) mass is 429 g/mol. The summed E-state index contributed by atoms with van der Waals surface area (Å²) >= 11 is 5.96. The van der Waals surface area contributed by atoms with Crippen LogP contribution < -0.4 is 5.56 Å². The van der Waals surface area contributed by atoms with Crippen molar-refractivity contribution in [3.63, 3.8) is 0 Å². The molecule has 0 amide bonds. The molecular formula is C24H20ClN5O. The predicted molar refractivity (Wildman–Crippen MR) is 121 cm³/mol. The Labute approximate surface area is 184 Å². The summed E-state index contributed by atoms with van der Waals surface area (Å²) in [6, 6.07) is 15.5. The average Bonchev–Trinajstić information content (AvgIpc) is 2.81. The fourth-order valence-electron chi connectivity index (χ4n) is 3.82. The lowest BCUT2D eigenvalue weighted by atomic mass is 10.1. The van der Waals surface area contributed by atoms with E-state index in [0.717, 1.165) is 53.2 Å². The SMILES string of the molecule is O=c1[nH]c(-c2cccnc2)nc2c1CN(Cc1ccc(-c3ccc(Cl)cc3)nc1)CC2. The molecule has 0 saturated carbocycles. The van der Waals surface area contributed by atoms with Gasteiger partial charge in [-0.3, -0.25) is 19.7 Å². The van der Waals surface area contributed by atoms with Gasteiger partial charge in [-0.15, -0.1) is 0 Å². The molecule has 3 aromatic heterocycles. The van der Waals surface area contributed by atoms with Gasteiger partial charge >= 0.3 is 0 Å². The number of nitrogens with zero attached hydrogens (tertiary/aromatic N) is 4. The van der Waals surface area contributed by atoms with Crippen molar-refractivity contribution in [1.29, 1.82) is 0 Å². The predicted octanol–water partition coefficient (Wildman–Crippen LogP) is 4.11. The zero-order valence-corrected chi connectivity index (χ0v) is 17.5. The Morgan fingerprint density at radius 1 is 1.03 bits per heavy atom. The number of rotatable bonds is 4. The van der Waals surface area contributed by atoms with E-state index in [2.05, 4.69) is 25.9 Å². The summed E-state index contributed by atoms with van der Waals surface area (Å²) in [6.07, 6.45) is 6.05. The van der Waals surface area contributed by atoms with E-state index >= 15 is 0 Å². The number of aromatic nitrogens is 4. The summed E-state index contributed by atoms with van der Waals surface area (Å²) in [4.78, 5) is 31.3. The Morgan fingerprint density at radius 3 is 2.65 bits per heavy atom. The van der Waals surface area contributed by atoms with E-state index in [0.29, 0.717) is 17.4 Å². The first-order valence-electron chi connectivity index (χ1n) is 10.1. The fraction of sp³-hybridized carbons (Fsp3) is 0.167. The van der Waals surface area contributed by atoms with Crippen molar-refractivity contribution >= 4 is 11.6 Å². The first-order valence-corrected chi connectivity index (χ1v) is 10.5. The number of nitrogens with one attached hydrogen (secondary N) is 1. The first-order chi connectivity index (χ1) is 15.2. The minimum atomic E-state index is -0.0789. The topological polar surface area (TPSA) is 74.8 Å². The fourth-order valence-corrected chi connectivity index (χ4v) is 3.95. The molecule has 0 aliphatic carbocycles. The Bertz CT molecular complexity index is 1250. The molecule has 0 fully saturated rings. The van der Waals surface area contributed by atoms with Crippen LogP contribution in [-0.2, 0) is 19.5 Å². The number of fused-ring (bicyclic) bond motifs is 1. The Kier molecular flexibility index (Phi) is 5.32. The number of halogens is 1. The van der Waals surface area contributed by atoms with Crippen molar-refractivity contribution < 1.29 is 0 Å². The first kappa shape index (κ1) is 19.6. The van der Waals surface area contributed by atoms with Gasteiger partial charge in [0.25, 0.3) is 5.56 Å². The maximum atomic E-state index is 12.7. The second-order valence-electron chi connectivity index (χ2n) is 7.60. The standard InChI is InChI=1S/C24H20ClN5O/c25-19-6-4-17(5-7-19)21-8-3-16(12-27-21)14-30-11-9-22-20(15-30)24(31)29-23(28-22)18-2-1-10-26-13-18/h1-8,10,12-13H,9,11,14-15H2,(H,28,29,31). The number of hydrogen-bond donors (Lipinski definition) is 1. The number of aromatic amines is 1. The largest absolute Gasteiger partial charge is 0.306 e. The molecule has 31 heavy (non-hydrogen) atoms. The second kappa shape index (κ2) is 8.41. The number of benzene rings is 1. The van der Waals surface area contributed by atoms with Gasteiger partial charge in [0.1, 0.15) is 5.82 Å². The van der Waals surface area contributed by atoms with Gasteiger partial charge in [0.15, 0.2) is 0 Å². The normalized spacial score (nSPS) is 13.7. The van der Waals surface area contributed by atoms with Crippen LogP contribution in [0.2, 0.25) is 5.02 Å². The maximum Gasteiger partial charge on any atom is 0.255 e. The van der Waals surface area contributed by atoms with Gasteiger partial charge in [-0.2, -0.15) is 0 Å². The third kappa shape index (κ3) is 4.26. The van der Waals surface area contributed by atoms with Crippen molar-refractivity contribution in [2.75, 3.05) is 6.54 Å². The van der Waals surface area contributed by atoms with Gasteiger partial charge in [-0.05, 0) is 35.9 Å². The molecule has 0 bridgehead atoms. The van der Waals surface area contributed by atoms with Gasteiger partial charge in [-0.25, -0.2) is 4.98 Å². The smallest absolute Gasteiger partial charge is 0.255 e. The molecule has 1 N–H and O–H groups in total. The van der Waals surface area contributed by atoms with E-state index in [-0.39, 0.29) is 5.56 Å². The molecule has 154 valence electrons. The summed E-state index contributed by atoms with van der Waals surface area (Å²) < 4.78 is 0. The van der Waals surface area contributed by atoms with Gasteiger partial charge < -0.3 is 4.98 Å². The highest BCUT2D eigenvalue weighted by Gasteiger charge is 2.21. The van der Waals surface area contributed by atoms with Crippen LogP contribution in [0.15, 0.2) is 71.9 Å². The molecule has 0 unspecified atom stereocenters. The quantitative estimate of drug-likeness (QED) is 0.528. The maximum absolute atomic E-state index is 12.7. The molecule has 7 heteroatoms. The number of H-pyrrole nitrogens is 1. The Balaban J connectivity index is 1.31. The van der Waals surface area contributed by atoms with Crippen molar-refractivity contribution in [1.82, 2.24) is 24.8 Å². The molecule has 4 aromatic rings. The van der Waals surface area contributed by atoms with E-state index in [9.17, 15) is 4.79 Å². The third-order valence-corrected chi connectivity index (χ3v) is 5.71. The summed E-state index contributed by atoms with van der Waals surface area (Å²) in [7, 11) is 0. The third-order valence-electron chi connectivity index (χ3n) is 5.45. The van der Waals surface area contributed by atoms with Crippen molar-refractivity contribution in [2.45, 2.75) is 19.5 Å². The summed E-state index contributed by atoms with van der Waals surface area (Å²) in [5, 5.41) is 0.711. The Hall–Kier alpha value is -3.35. The van der Waals surface area contributed by atoms with Crippen molar-refractivity contribution in [2.24, 2.45) is 0 Å². The molecule has 0 spiro atoms. The van der Waals surface area contributed by atoms with Crippen LogP contribution in [-0.4, -0.2) is 31.4 Å². The molecule has 4 heterocycles. The molecule has 1 aromatic carbocycles. The van der Waals surface area contributed by atoms with Gasteiger partial charge in [0, 0.05) is 60.8 Å². The highest BCUT2D eigenvalue weighted by atomic mass is 35.5. The van der Waals surface area contributed by atoms with Gasteiger partial charge in [0.05, 0.1) is 17.0 Å². The zero-order chi connectivity index (χ0) is 21.2. The average molecular weight is 430 g/mol. The molecule has 0 radical (unpaired) electrons. The molecule has 0 atom stereocenters. The second-order valence-corrected chi connectivity index (χ2v) is 8.04. The molecule has 5 rings (SSSR count). The lowest BCUT2D eigenvalue weighted by Gasteiger charge is -2.27.